The van der Waals surface area contributed by atoms with E-state index in [2.05, 4.69) is 6.07 Å². The number of aryl methyl sites for hydroxylation is 3. The van der Waals surface area contributed by atoms with Crippen molar-refractivity contribution >= 4 is 11.3 Å². The fourth-order valence-corrected chi connectivity index (χ4v) is 4.11. The van der Waals surface area contributed by atoms with E-state index in [1.807, 2.05) is 6.92 Å². The Labute approximate surface area is 123 Å². The topological polar surface area (TPSA) is 20.2 Å². The lowest BCUT2D eigenvalue weighted by Gasteiger charge is -2.11. The molecule has 0 bridgehead atoms. The van der Waals surface area contributed by atoms with Gasteiger partial charge in [0.15, 0.2) is 0 Å². The van der Waals surface area contributed by atoms with Gasteiger partial charge in [-0.3, -0.25) is 0 Å². The second kappa shape index (κ2) is 5.66. The first-order valence-corrected chi connectivity index (χ1v) is 8.02. The van der Waals surface area contributed by atoms with Gasteiger partial charge in [0, 0.05) is 15.3 Å². The van der Waals surface area contributed by atoms with Crippen molar-refractivity contribution in [2.75, 3.05) is 0 Å². The highest BCUT2D eigenvalue weighted by Gasteiger charge is 2.20. The van der Waals surface area contributed by atoms with E-state index in [9.17, 15) is 9.50 Å². The van der Waals surface area contributed by atoms with Gasteiger partial charge in [0.05, 0.1) is 0 Å². The van der Waals surface area contributed by atoms with E-state index in [1.54, 1.807) is 23.5 Å². The molecular weight excluding hydrogens is 271 g/mol. The molecule has 3 heteroatoms. The molecule has 106 valence electrons. The minimum atomic E-state index is -0.841. The van der Waals surface area contributed by atoms with Gasteiger partial charge in [-0.2, -0.15) is 0 Å². The maximum atomic E-state index is 13.9. The van der Waals surface area contributed by atoms with E-state index < -0.39 is 6.10 Å². The largest absolute Gasteiger partial charge is 0.383 e. The zero-order chi connectivity index (χ0) is 14.1. The van der Waals surface area contributed by atoms with Gasteiger partial charge in [-0.25, -0.2) is 4.39 Å². The van der Waals surface area contributed by atoms with Crippen molar-refractivity contribution in [1.29, 1.82) is 0 Å². The molecule has 1 heterocycles. The third kappa shape index (κ3) is 2.65. The number of aliphatic hydroxyl groups excluding tert-OH is 1. The predicted octanol–water partition coefficient (Wildman–Crippen LogP) is 4.55. The third-order valence-electron chi connectivity index (χ3n) is 3.98. The Balaban J connectivity index is 1.94. The first kappa shape index (κ1) is 13.8. The summed E-state index contributed by atoms with van der Waals surface area (Å²) in [6.07, 6.45) is 5.08. The molecule has 0 spiro atoms. The number of benzene rings is 1. The lowest BCUT2D eigenvalue weighted by atomic mass is 10.0. The zero-order valence-electron chi connectivity index (χ0n) is 11.7. The van der Waals surface area contributed by atoms with Crippen LogP contribution >= 0.6 is 11.3 Å². The van der Waals surface area contributed by atoms with Crippen LogP contribution in [0.15, 0.2) is 24.3 Å². The van der Waals surface area contributed by atoms with Crippen LogP contribution in [0, 0.1) is 12.7 Å². The summed E-state index contributed by atoms with van der Waals surface area (Å²) < 4.78 is 13.9. The number of thiophene rings is 1. The number of rotatable bonds is 2. The molecular formula is C17H19FOS. The molecule has 0 saturated carbocycles. The van der Waals surface area contributed by atoms with Crippen LogP contribution < -0.4 is 0 Å². The van der Waals surface area contributed by atoms with E-state index in [-0.39, 0.29) is 5.82 Å². The van der Waals surface area contributed by atoms with Crippen molar-refractivity contribution in [3.05, 3.63) is 56.5 Å². The first-order valence-electron chi connectivity index (χ1n) is 7.21. The van der Waals surface area contributed by atoms with E-state index in [0.29, 0.717) is 5.56 Å². The maximum absolute atomic E-state index is 13.9. The van der Waals surface area contributed by atoms with E-state index in [0.717, 1.165) is 23.3 Å². The van der Waals surface area contributed by atoms with Gasteiger partial charge in [0.2, 0.25) is 0 Å². The van der Waals surface area contributed by atoms with Gasteiger partial charge in [0.1, 0.15) is 11.9 Å². The molecule has 1 nitrogen and oxygen atoms in total. The average Bonchev–Trinajstić information content (AvgIpc) is 2.72. The van der Waals surface area contributed by atoms with Gasteiger partial charge < -0.3 is 5.11 Å². The Bertz CT molecular complexity index is 594. The SMILES string of the molecule is Cc1ccc(F)c(C(O)c2cc3c(s2)CCCCC3)c1. The highest BCUT2D eigenvalue weighted by atomic mass is 32.1. The van der Waals surface area contributed by atoms with E-state index >= 15 is 0 Å². The first-order chi connectivity index (χ1) is 9.65. The Kier molecular flexibility index (Phi) is 3.90. The summed E-state index contributed by atoms with van der Waals surface area (Å²) in [5.74, 6) is -0.327. The summed E-state index contributed by atoms with van der Waals surface area (Å²) in [5.41, 5.74) is 2.72. The summed E-state index contributed by atoms with van der Waals surface area (Å²) in [4.78, 5) is 2.26. The predicted molar refractivity (Wildman–Crippen MR) is 80.8 cm³/mol. The van der Waals surface area contributed by atoms with Crippen molar-refractivity contribution in [2.45, 2.75) is 45.1 Å². The summed E-state index contributed by atoms with van der Waals surface area (Å²) in [6.45, 7) is 1.92. The highest BCUT2D eigenvalue weighted by Crippen LogP contribution is 2.35. The Hall–Kier alpha value is -1.19. The molecule has 0 amide bonds. The molecule has 1 aliphatic carbocycles. The van der Waals surface area contributed by atoms with Gasteiger partial charge >= 0.3 is 0 Å². The number of halogens is 1. The van der Waals surface area contributed by atoms with Crippen molar-refractivity contribution < 1.29 is 9.50 Å². The molecule has 1 unspecified atom stereocenters. The molecule has 1 aromatic heterocycles. The molecule has 1 aromatic carbocycles. The van der Waals surface area contributed by atoms with Crippen LogP contribution in [0.4, 0.5) is 4.39 Å². The molecule has 2 aromatic rings. The normalized spacial score (nSPS) is 16.6. The number of fused-ring (bicyclic) bond motifs is 1. The Morgan fingerprint density at radius 1 is 1.15 bits per heavy atom. The smallest absolute Gasteiger partial charge is 0.129 e. The number of aliphatic hydroxyl groups is 1. The fourth-order valence-electron chi connectivity index (χ4n) is 2.85. The van der Waals surface area contributed by atoms with Crippen LogP contribution in [0.2, 0.25) is 0 Å². The fraction of sp³-hybridized carbons (Fsp3) is 0.412. The molecule has 3 rings (SSSR count). The maximum Gasteiger partial charge on any atom is 0.129 e. The molecule has 0 saturated heterocycles. The van der Waals surface area contributed by atoms with Crippen molar-refractivity contribution in [3.8, 4) is 0 Å². The van der Waals surface area contributed by atoms with Crippen molar-refractivity contribution in [2.24, 2.45) is 0 Å². The van der Waals surface area contributed by atoms with Crippen LogP contribution in [-0.2, 0) is 12.8 Å². The summed E-state index contributed by atoms with van der Waals surface area (Å²) >= 11 is 1.65. The Morgan fingerprint density at radius 2 is 1.95 bits per heavy atom. The lowest BCUT2D eigenvalue weighted by molar-refractivity contribution is 0.218. The van der Waals surface area contributed by atoms with Crippen LogP contribution in [0.25, 0.3) is 0 Å². The standard InChI is InChI=1S/C17H19FOS/c1-11-7-8-14(18)13(9-11)17(19)16-10-12-5-3-2-4-6-15(12)20-16/h7-10,17,19H,2-6H2,1H3. The zero-order valence-corrected chi connectivity index (χ0v) is 12.5. The summed E-state index contributed by atoms with van der Waals surface area (Å²) in [6, 6.07) is 6.99. The van der Waals surface area contributed by atoms with E-state index in [1.165, 1.54) is 35.8 Å². The number of hydrogen-bond acceptors (Lipinski definition) is 2. The second-order valence-corrected chi connectivity index (χ2v) is 6.75. The Morgan fingerprint density at radius 3 is 2.80 bits per heavy atom. The van der Waals surface area contributed by atoms with Gasteiger partial charge in [-0.1, -0.05) is 24.1 Å². The summed E-state index contributed by atoms with van der Waals surface area (Å²) in [7, 11) is 0. The molecule has 0 aliphatic heterocycles. The van der Waals surface area contributed by atoms with Crippen LogP contribution in [0.1, 0.15) is 51.8 Å². The highest BCUT2D eigenvalue weighted by molar-refractivity contribution is 7.12. The number of hydrogen-bond donors (Lipinski definition) is 1. The van der Waals surface area contributed by atoms with Gasteiger partial charge in [0.25, 0.3) is 0 Å². The van der Waals surface area contributed by atoms with Crippen LogP contribution in [-0.4, -0.2) is 5.11 Å². The minimum Gasteiger partial charge on any atom is -0.383 e. The van der Waals surface area contributed by atoms with Gasteiger partial charge in [-0.05, 0) is 50.3 Å². The molecule has 0 fully saturated rings. The molecule has 1 atom stereocenters. The van der Waals surface area contributed by atoms with Crippen molar-refractivity contribution in [3.63, 3.8) is 0 Å². The van der Waals surface area contributed by atoms with Crippen molar-refractivity contribution in [1.82, 2.24) is 0 Å². The van der Waals surface area contributed by atoms with Gasteiger partial charge in [-0.15, -0.1) is 11.3 Å². The second-order valence-electron chi connectivity index (χ2n) is 5.59. The summed E-state index contributed by atoms with van der Waals surface area (Å²) in [5, 5.41) is 10.5. The monoisotopic (exact) mass is 290 g/mol. The minimum absolute atomic E-state index is 0.327. The molecule has 1 aliphatic rings. The molecule has 0 radical (unpaired) electrons. The quantitative estimate of drug-likeness (QED) is 0.805. The average molecular weight is 290 g/mol. The van der Waals surface area contributed by atoms with Crippen LogP contribution in [0.3, 0.4) is 0 Å². The molecule has 1 N–H and O–H groups in total. The lowest BCUT2D eigenvalue weighted by Crippen LogP contribution is -2.01. The third-order valence-corrected chi connectivity index (χ3v) is 5.27. The van der Waals surface area contributed by atoms with Crippen LogP contribution in [0.5, 0.6) is 0 Å². The molecule has 20 heavy (non-hydrogen) atoms. The van der Waals surface area contributed by atoms with E-state index in [4.69, 9.17) is 0 Å².